The van der Waals surface area contributed by atoms with E-state index in [1.807, 2.05) is 12.1 Å². The Bertz CT molecular complexity index is 338. The van der Waals surface area contributed by atoms with Gasteiger partial charge in [-0.1, -0.05) is 45.2 Å². The topological polar surface area (TPSA) is 35.2 Å². The van der Waals surface area contributed by atoms with Gasteiger partial charge in [-0.3, -0.25) is 0 Å². The smallest absolute Gasteiger partial charge is 0.119 e. The number of ether oxygens (including phenoxy) is 1. The molecule has 0 saturated heterocycles. The summed E-state index contributed by atoms with van der Waals surface area (Å²) in [5, 5.41) is 0. The molecule has 0 amide bonds. The molecule has 102 valence electrons. The highest BCUT2D eigenvalue weighted by molar-refractivity contribution is 5.28. The third-order valence-electron chi connectivity index (χ3n) is 3.66. The molecule has 1 aromatic carbocycles. The molecule has 2 unspecified atom stereocenters. The Labute approximate surface area is 112 Å². The number of unbranched alkanes of at least 4 members (excludes halogenated alkanes) is 1. The maximum Gasteiger partial charge on any atom is 0.119 e. The van der Waals surface area contributed by atoms with Crippen LogP contribution < -0.4 is 10.5 Å². The van der Waals surface area contributed by atoms with Crippen LogP contribution in [0, 0.1) is 5.92 Å². The summed E-state index contributed by atoms with van der Waals surface area (Å²) in [7, 11) is 1.70. The predicted octanol–water partition coefficient (Wildman–Crippen LogP) is 3.78. The number of hydrogen-bond acceptors (Lipinski definition) is 2. The van der Waals surface area contributed by atoms with Crippen LogP contribution in [0.3, 0.4) is 0 Å². The van der Waals surface area contributed by atoms with Crippen LogP contribution in [0.1, 0.15) is 45.1 Å². The molecule has 0 fully saturated rings. The van der Waals surface area contributed by atoms with Gasteiger partial charge in [0, 0.05) is 6.04 Å². The highest BCUT2D eigenvalue weighted by Gasteiger charge is 2.16. The minimum absolute atomic E-state index is 0.258. The van der Waals surface area contributed by atoms with Crippen LogP contribution in [-0.4, -0.2) is 13.2 Å². The summed E-state index contributed by atoms with van der Waals surface area (Å²) in [5.41, 5.74) is 7.63. The first kappa shape index (κ1) is 15.0. The highest BCUT2D eigenvalue weighted by Crippen LogP contribution is 2.20. The van der Waals surface area contributed by atoms with Gasteiger partial charge in [-0.15, -0.1) is 0 Å². The Kier molecular flexibility index (Phi) is 6.81. The van der Waals surface area contributed by atoms with Crippen LogP contribution in [0.25, 0.3) is 0 Å². The monoisotopic (exact) mass is 249 g/mol. The van der Waals surface area contributed by atoms with Crippen LogP contribution >= 0.6 is 0 Å². The van der Waals surface area contributed by atoms with Gasteiger partial charge in [0.1, 0.15) is 5.75 Å². The van der Waals surface area contributed by atoms with Crippen molar-refractivity contribution in [1.29, 1.82) is 0 Å². The van der Waals surface area contributed by atoms with E-state index in [-0.39, 0.29) is 6.04 Å². The Balaban J connectivity index is 2.58. The lowest BCUT2D eigenvalue weighted by atomic mass is 9.88. The Morgan fingerprint density at radius 1 is 1.28 bits per heavy atom. The quantitative estimate of drug-likeness (QED) is 0.761. The first-order chi connectivity index (χ1) is 8.71. The fourth-order valence-electron chi connectivity index (χ4n) is 2.43. The summed E-state index contributed by atoms with van der Waals surface area (Å²) in [5.74, 6) is 1.55. The zero-order valence-corrected chi connectivity index (χ0v) is 12.0. The molecule has 0 aromatic heterocycles. The summed E-state index contributed by atoms with van der Waals surface area (Å²) >= 11 is 0. The van der Waals surface area contributed by atoms with Crippen LogP contribution in [-0.2, 0) is 6.42 Å². The summed E-state index contributed by atoms with van der Waals surface area (Å²) in [6, 6.07) is 8.49. The van der Waals surface area contributed by atoms with E-state index in [0.717, 1.165) is 12.2 Å². The van der Waals surface area contributed by atoms with Crippen molar-refractivity contribution in [1.82, 2.24) is 0 Å². The molecule has 1 aromatic rings. The molecular formula is C16H27NO. The molecular weight excluding hydrogens is 222 g/mol. The van der Waals surface area contributed by atoms with E-state index in [1.165, 1.54) is 31.2 Å². The maximum atomic E-state index is 6.35. The van der Waals surface area contributed by atoms with Crippen molar-refractivity contribution in [3.63, 3.8) is 0 Å². The van der Waals surface area contributed by atoms with E-state index in [0.29, 0.717) is 5.92 Å². The van der Waals surface area contributed by atoms with E-state index in [4.69, 9.17) is 10.5 Å². The molecule has 0 spiro atoms. The second kappa shape index (κ2) is 8.15. The van der Waals surface area contributed by atoms with E-state index >= 15 is 0 Å². The Morgan fingerprint density at radius 3 is 2.67 bits per heavy atom. The number of methoxy groups -OCH3 is 1. The van der Waals surface area contributed by atoms with Gasteiger partial charge < -0.3 is 10.5 Å². The van der Waals surface area contributed by atoms with E-state index in [9.17, 15) is 0 Å². The third kappa shape index (κ3) is 4.69. The van der Waals surface area contributed by atoms with E-state index in [2.05, 4.69) is 26.0 Å². The largest absolute Gasteiger partial charge is 0.497 e. The average molecular weight is 249 g/mol. The summed E-state index contributed by atoms with van der Waals surface area (Å²) in [6.45, 7) is 4.48. The molecule has 2 atom stereocenters. The highest BCUT2D eigenvalue weighted by atomic mass is 16.5. The SMILES string of the molecule is CCCCC(CC)C(N)Cc1cccc(OC)c1. The molecule has 0 aliphatic rings. The summed E-state index contributed by atoms with van der Waals surface area (Å²) in [4.78, 5) is 0. The summed E-state index contributed by atoms with van der Waals surface area (Å²) in [6.07, 6.45) is 5.90. The molecule has 0 aliphatic carbocycles. The van der Waals surface area contributed by atoms with Gasteiger partial charge in [0.25, 0.3) is 0 Å². The van der Waals surface area contributed by atoms with Gasteiger partial charge in [0.15, 0.2) is 0 Å². The van der Waals surface area contributed by atoms with Gasteiger partial charge in [-0.25, -0.2) is 0 Å². The van der Waals surface area contributed by atoms with Gasteiger partial charge in [-0.05, 0) is 36.5 Å². The summed E-state index contributed by atoms with van der Waals surface area (Å²) < 4.78 is 5.25. The molecule has 2 heteroatoms. The van der Waals surface area contributed by atoms with Crippen molar-refractivity contribution in [3.05, 3.63) is 29.8 Å². The molecule has 0 aliphatic heterocycles. The van der Waals surface area contributed by atoms with Crippen molar-refractivity contribution < 1.29 is 4.74 Å². The van der Waals surface area contributed by atoms with Crippen LogP contribution in [0.5, 0.6) is 5.75 Å². The molecule has 2 N–H and O–H groups in total. The van der Waals surface area contributed by atoms with E-state index < -0.39 is 0 Å². The molecule has 2 nitrogen and oxygen atoms in total. The third-order valence-corrected chi connectivity index (χ3v) is 3.66. The van der Waals surface area contributed by atoms with E-state index in [1.54, 1.807) is 7.11 Å². The van der Waals surface area contributed by atoms with Crippen molar-refractivity contribution in [3.8, 4) is 5.75 Å². The Hall–Kier alpha value is -1.02. The number of rotatable bonds is 8. The van der Waals surface area contributed by atoms with Crippen molar-refractivity contribution in [2.75, 3.05) is 7.11 Å². The average Bonchev–Trinajstić information content (AvgIpc) is 2.40. The molecule has 0 saturated carbocycles. The second-order valence-corrected chi connectivity index (χ2v) is 5.03. The van der Waals surface area contributed by atoms with Gasteiger partial charge >= 0.3 is 0 Å². The van der Waals surface area contributed by atoms with Crippen LogP contribution in [0.15, 0.2) is 24.3 Å². The number of hydrogen-bond donors (Lipinski definition) is 1. The van der Waals surface area contributed by atoms with Gasteiger partial charge in [-0.2, -0.15) is 0 Å². The minimum atomic E-state index is 0.258. The Morgan fingerprint density at radius 2 is 2.06 bits per heavy atom. The predicted molar refractivity (Wildman–Crippen MR) is 78.0 cm³/mol. The zero-order chi connectivity index (χ0) is 13.4. The van der Waals surface area contributed by atoms with Crippen molar-refractivity contribution >= 4 is 0 Å². The fourth-order valence-corrected chi connectivity index (χ4v) is 2.43. The molecule has 0 radical (unpaired) electrons. The van der Waals surface area contributed by atoms with Crippen LogP contribution in [0.2, 0.25) is 0 Å². The normalized spacial score (nSPS) is 14.2. The van der Waals surface area contributed by atoms with Crippen LogP contribution in [0.4, 0.5) is 0 Å². The molecule has 0 heterocycles. The van der Waals surface area contributed by atoms with Crippen molar-refractivity contribution in [2.45, 2.75) is 52.0 Å². The van der Waals surface area contributed by atoms with Crippen molar-refractivity contribution in [2.24, 2.45) is 11.7 Å². The molecule has 0 bridgehead atoms. The lowest BCUT2D eigenvalue weighted by molar-refractivity contribution is 0.368. The lowest BCUT2D eigenvalue weighted by Gasteiger charge is -2.22. The first-order valence-electron chi connectivity index (χ1n) is 7.09. The lowest BCUT2D eigenvalue weighted by Crippen LogP contribution is -2.32. The number of nitrogens with two attached hydrogens (primary N) is 1. The molecule has 1 rings (SSSR count). The maximum absolute atomic E-state index is 6.35. The zero-order valence-electron chi connectivity index (χ0n) is 12.0. The first-order valence-corrected chi connectivity index (χ1v) is 7.09. The number of benzene rings is 1. The standard InChI is InChI=1S/C16H27NO/c1-4-6-9-14(5-2)16(17)12-13-8-7-10-15(11-13)18-3/h7-8,10-11,14,16H,4-6,9,12,17H2,1-3H3. The van der Waals surface area contributed by atoms with Gasteiger partial charge in [0.05, 0.1) is 7.11 Å². The van der Waals surface area contributed by atoms with Gasteiger partial charge in [0.2, 0.25) is 0 Å². The fraction of sp³-hybridized carbons (Fsp3) is 0.625. The molecule has 18 heavy (non-hydrogen) atoms. The second-order valence-electron chi connectivity index (χ2n) is 5.03. The minimum Gasteiger partial charge on any atom is -0.497 e.